The summed E-state index contributed by atoms with van der Waals surface area (Å²) in [6.07, 6.45) is -0.555. The summed E-state index contributed by atoms with van der Waals surface area (Å²) in [4.78, 5) is 11.9. The van der Waals surface area contributed by atoms with Gasteiger partial charge in [-0.2, -0.15) is 0 Å². The lowest BCUT2D eigenvalue weighted by molar-refractivity contribution is -0.126. The number of hydrogen-bond acceptors (Lipinski definition) is 3. The molecule has 0 heterocycles. The number of aliphatic hydroxyl groups is 1. The molecule has 1 amide bonds. The predicted molar refractivity (Wildman–Crippen MR) is 81.0 cm³/mol. The van der Waals surface area contributed by atoms with Gasteiger partial charge in [0, 0.05) is 6.07 Å². The minimum atomic E-state index is -1.16. The van der Waals surface area contributed by atoms with Crippen LogP contribution < -0.4 is 10.1 Å². The minimum absolute atomic E-state index is 0.0172. The highest BCUT2D eigenvalue weighted by atomic mass is 19.1. The van der Waals surface area contributed by atoms with Gasteiger partial charge < -0.3 is 15.2 Å². The summed E-state index contributed by atoms with van der Waals surface area (Å²) in [5.74, 6) is -0.833. The Morgan fingerprint density at radius 1 is 1.38 bits per heavy atom. The third-order valence-electron chi connectivity index (χ3n) is 3.34. The van der Waals surface area contributed by atoms with Crippen LogP contribution in [0, 0.1) is 18.7 Å². The van der Waals surface area contributed by atoms with E-state index in [0.717, 1.165) is 0 Å². The number of ether oxygens (including phenoxy) is 1. The highest BCUT2D eigenvalue weighted by molar-refractivity contribution is 5.94. The van der Waals surface area contributed by atoms with Crippen molar-refractivity contribution < 1.29 is 19.0 Å². The first kappa shape index (κ1) is 17.4. The Morgan fingerprint density at radius 2 is 2.00 bits per heavy atom. The quantitative estimate of drug-likeness (QED) is 0.847. The number of carbonyl (C=O) groups is 1. The molecule has 0 saturated carbocycles. The number of benzene rings is 1. The molecular weight excluding hydrogens is 273 g/mol. The number of amides is 1. The fourth-order valence-corrected chi connectivity index (χ4v) is 1.82. The van der Waals surface area contributed by atoms with Crippen LogP contribution in [0.5, 0.6) is 5.75 Å². The fraction of sp³-hybridized carbons (Fsp3) is 0.562. The van der Waals surface area contributed by atoms with Gasteiger partial charge in [0.15, 0.2) is 0 Å². The first-order valence-electron chi connectivity index (χ1n) is 7.22. The fourth-order valence-electron chi connectivity index (χ4n) is 1.82. The number of rotatable bonds is 6. The molecule has 1 aromatic rings. The smallest absolute Gasteiger partial charge is 0.253 e. The topological polar surface area (TPSA) is 58.6 Å². The number of aliphatic hydroxyl groups excluding tert-OH is 1. The summed E-state index contributed by atoms with van der Waals surface area (Å²) in [5.41, 5.74) is 0.672. The largest absolute Gasteiger partial charge is 0.491 e. The molecule has 0 radical (unpaired) electrons. The molecule has 1 aromatic carbocycles. The molecule has 0 aliphatic rings. The molecule has 0 fully saturated rings. The van der Waals surface area contributed by atoms with Crippen LogP contribution >= 0.6 is 0 Å². The van der Waals surface area contributed by atoms with Crippen molar-refractivity contribution in [3.63, 3.8) is 0 Å². The standard InChI is InChI=1S/C16H24FNO3/c1-6-10(4)15(19)16(20)18-13-8-14(21-9(2)3)11(5)7-12(13)17/h7-10,15,19H,6H2,1-5H3,(H,18,20). The van der Waals surface area contributed by atoms with Gasteiger partial charge >= 0.3 is 0 Å². The van der Waals surface area contributed by atoms with E-state index < -0.39 is 17.8 Å². The highest BCUT2D eigenvalue weighted by Gasteiger charge is 2.22. The Kier molecular flexibility index (Phi) is 6.15. The second-order valence-corrected chi connectivity index (χ2v) is 5.58. The van der Waals surface area contributed by atoms with Gasteiger partial charge in [-0.3, -0.25) is 4.79 Å². The number of carbonyl (C=O) groups excluding carboxylic acids is 1. The van der Waals surface area contributed by atoms with Crippen LogP contribution in [-0.2, 0) is 4.79 Å². The van der Waals surface area contributed by atoms with Crippen molar-refractivity contribution >= 4 is 11.6 Å². The van der Waals surface area contributed by atoms with Crippen LogP contribution in [0.15, 0.2) is 12.1 Å². The molecule has 0 spiro atoms. The molecule has 1 rings (SSSR count). The average molecular weight is 297 g/mol. The van der Waals surface area contributed by atoms with E-state index >= 15 is 0 Å². The van der Waals surface area contributed by atoms with Crippen LogP contribution in [0.2, 0.25) is 0 Å². The molecule has 0 aliphatic carbocycles. The van der Waals surface area contributed by atoms with Crippen molar-refractivity contribution in [3.8, 4) is 5.75 Å². The second-order valence-electron chi connectivity index (χ2n) is 5.58. The van der Waals surface area contributed by atoms with Crippen LogP contribution in [0.4, 0.5) is 10.1 Å². The van der Waals surface area contributed by atoms with Crippen molar-refractivity contribution in [2.24, 2.45) is 5.92 Å². The Labute approximate surface area is 125 Å². The Hall–Kier alpha value is -1.62. The van der Waals surface area contributed by atoms with Crippen molar-refractivity contribution in [1.29, 1.82) is 0 Å². The van der Waals surface area contributed by atoms with Crippen LogP contribution in [-0.4, -0.2) is 23.2 Å². The maximum atomic E-state index is 13.9. The van der Waals surface area contributed by atoms with Gasteiger partial charge in [0.1, 0.15) is 17.7 Å². The van der Waals surface area contributed by atoms with Crippen molar-refractivity contribution in [2.45, 2.75) is 53.2 Å². The number of hydrogen-bond donors (Lipinski definition) is 2. The van der Waals surface area contributed by atoms with E-state index in [1.807, 2.05) is 20.8 Å². The van der Waals surface area contributed by atoms with Gasteiger partial charge in [-0.15, -0.1) is 0 Å². The Balaban J connectivity index is 2.95. The van der Waals surface area contributed by atoms with E-state index in [2.05, 4.69) is 5.32 Å². The zero-order valence-electron chi connectivity index (χ0n) is 13.2. The molecule has 2 N–H and O–H groups in total. The summed E-state index contributed by atoms with van der Waals surface area (Å²) < 4.78 is 19.5. The zero-order valence-corrected chi connectivity index (χ0v) is 13.2. The van der Waals surface area contributed by atoms with Gasteiger partial charge in [0.25, 0.3) is 5.91 Å². The first-order valence-corrected chi connectivity index (χ1v) is 7.22. The molecule has 0 aliphatic heterocycles. The molecule has 5 heteroatoms. The van der Waals surface area contributed by atoms with Crippen LogP contribution in [0.1, 0.15) is 39.7 Å². The Morgan fingerprint density at radius 3 is 2.52 bits per heavy atom. The molecule has 4 nitrogen and oxygen atoms in total. The third-order valence-corrected chi connectivity index (χ3v) is 3.34. The van der Waals surface area contributed by atoms with Crippen molar-refractivity contribution in [3.05, 3.63) is 23.5 Å². The van der Waals surface area contributed by atoms with Crippen molar-refractivity contribution in [1.82, 2.24) is 0 Å². The second kappa shape index (κ2) is 7.41. The van der Waals surface area contributed by atoms with Gasteiger partial charge in [0.05, 0.1) is 11.8 Å². The summed E-state index contributed by atoms with van der Waals surface area (Å²) in [7, 11) is 0. The number of anilines is 1. The number of halogens is 1. The van der Waals surface area contributed by atoms with Crippen LogP contribution in [0.3, 0.4) is 0 Å². The van der Waals surface area contributed by atoms with E-state index in [1.165, 1.54) is 12.1 Å². The predicted octanol–water partition coefficient (Wildman–Crippen LogP) is 3.27. The lowest BCUT2D eigenvalue weighted by atomic mass is 10.0. The molecule has 2 unspecified atom stereocenters. The van der Waals surface area contributed by atoms with E-state index in [-0.39, 0.29) is 17.7 Å². The maximum absolute atomic E-state index is 13.9. The van der Waals surface area contributed by atoms with E-state index in [9.17, 15) is 14.3 Å². The van der Waals surface area contributed by atoms with E-state index in [1.54, 1.807) is 13.8 Å². The molecule has 21 heavy (non-hydrogen) atoms. The molecule has 0 saturated heterocycles. The lowest BCUT2D eigenvalue weighted by Gasteiger charge is -2.18. The molecule has 0 bridgehead atoms. The normalized spacial score (nSPS) is 13.9. The molecule has 118 valence electrons. The summed E-state index contributed by atoms with van der Waals surface area (Å²) in [6.45, 7) is 9.12. The minimum Gasteiger partial charge on any atom is -0.491 e. The van der Waals surface area contributed by atoms with E-state index in [4.69, 9.17) is 4.74 Å². The Bertz CT molecular complexity index is 503. The average Bonchev–Trinajstić information content (AvgIpc) is 2.41. The summed E-state index contributed by atoms with van der Waals surface area (Å²) in [6, 6.07) is 2.76. The highest BCUT2D eigenvalue weighted by Crippen LogP contribution is 2.27. The zero-order chi connectivity index (χ0) is 16.2. The van der Waals surface area contributed by atoms with Crippen molar-refractivity contribution in [2.75, 3.05) is 5.32 Å². The molecule has 0 aromatic heterocycles. The summed E-state index contributed by atoms with van der Waals surface area (Å²) >= 11 is 0. The van der Waals surface area contributed by atoms with Gasteiger partial charge in [-0.05, 0) is 38.3 Å². The number of nitrogens with one attached hydrogen (secondary N) is 1. The van der Waals surface area contributed by atoms with E-state index in [0.29, 0.717) is 17.7 Å². The first-order chi connectivity index (χ1) is 9.76. The monoisotopic (exact) mass is 297 g/mol. The molecule has 2 atom stereocenters. The van der Waals surface area contributed by atoms with Gasteiger partial charge in [-0.25, -0.2) is 4.39 Å². The number of aryl methyl sites for hydroxylation is 1. The summed E-state index contributed by atoms with van der Waals surface area (Å²) in [5, 5.41) is 12.3. The lowest BCUT2D eigenvalue weighted by Crippen LogP contribution is -2.33. The SMILES string of the molecule is CCC(C)C(O)C(=O)Nc1cc(OC(C)C)c(C)cc1F. The molecular formula is C16H24FNO3. The van der Waals surface area contributed by atoms with Gasteiger partial charge in [-0.1, -0.05) is 20.3 Å². The van der Waals surface area contributed by atoms with Gasteiger partial charge in [0.2, 0.25) is 0 Å². The van der Waals surface area contributed by atoms with Crippen LogP contribution in [0.25, 0.3) is 0 Å². The third kappa shape index (κ3) is 4.70. The maximum Gasteiger partial charge on any atom is 0.253 e.